The fourth-order valence-corrected chi connectivity index (χ4v) is 2.14. The average molecular weight is 304 g/mol. The molecule has 0 saturated heterocycles. The minimum Gasteiger partial charge on any atom is -0.508 e. The molecule has 0 unspecified atom stereocenters. The molecule has 2 rings (SSSR count). The molecular formula is C16H16O6. The molecule has 6 nitrogen and oxygen atoms in total. The molecule has 0 spiro atoms. The SMILES string of the molecule is COc1ccc(CC(=O)c2c(O)cc(O)cc2O)c(OC)c1. The van der Waals surface area contributed by atoms with E-state index in [2.05, 4.69) is 0 Å². The number of rotatable bonds is 5. The zero-order chi connectivity index (χ0) is 16.3. The Balaban J connectivity index is 2.34. The van der Waals surface area contributed by atoms with Crippen molar-refractivity contribution in [2.24, 2.45) is 0 Å². The topological polar surface area (TPSA) is 96.2 Å². The fraction of sp³-hybridized carbons (Fsp3) is 0.188. The first-order valence-electron chi connectivity index (χ1n) is 6.45. The van der Waals surface area contributed by atoms with E-state index in [9.17, 15) is 20.1 Å². The molecule has 2 aromatic rings. The Morgan fingerprint density at radius 3 is 2.18 bits per heavy atom. The number of hydrogen-bond donors (Lipinski definition) is 3. The van der Waals surface area contributed by atoms with Gasteiger partial charge in [-0.05, 0) is 6.07 Å². The van der Waals surface area contributed by atoms with Crippen LogP contribution in [-0.2, 0) is 6.42 Å². The van der Waals surface area contributed by atoms with Gasteiger partial charge in [-0.2, -0.15) is 0 Å². The molecule has 6 heteroatoms. The standard InChI is InChI=1S/C16H16O6/c1-21-11-4-3-9(15(8-11)22-2)5-12(18)16-13(19)6-10(17)7-14(16)20/h3-4,6-8,17,19-20H,5H2,1-2H3. The largest absolute Gasteiger partial charge is 0.508 e. The number of ether oxygens (including phenoxy) is 2. The summed E-state index contributed by atoms with van der Waals surface area (Å²) in [7, 11) is 2.99. The summed E-state index contributed by atoms with van der Waals surface area (Å²) in [5.41, 5.74) is 0.343. The summed E-state index contributed by atoms with van der Waals surface area (Å²) in [5.74, 6) is -0.731. The van der Waals surface area contributed by atoms with Crippen LogP contribution in [0.2, 0.25) is 0 Å². The molecule has 0 bridgehead atoms. The molecule has 116 valence electrons. The van der Waals surface area contributed by atoms with E-state index < -0.39 is 17.3 Å². The van der Waals surface area contributed by atoms with E-state index in [4.69, 9.17) is 9.47 Å². The summed E-state index contributed by atoms with van der Waals surface area (Å²) in [6.07, 6.45) is -0.0843. The fourth-order valence-electron chi connectivity index (χ4n) is 2.14. The van der Waals surface area contributed by atoms with Gasteiger partial charge in [-0.15, -0.1) is 0 Å². The zero-order valence-corrected chi connectivity index (χ0v) is 12.2. The lowest BCUT2D eigenvalue weighted by molar-refractivity contribution is 0.0986. The molecule has 22 heavy (non-hydrogen) atoms. The second-order valence-corrected chi connectivity index (χ2v) is 4.64. The molecule has 2 aromatic carbocycles. The number of benzene rings is 2. The Labute approximate surface area is 127 Å². The van der Waals surface area contributed by atoms with Crippen LogP contribution in [0.1, 0.15) is 15.9 Å². The Morgan fingerprint density at radius 1 is 1.00 bits per heavy atom. The molecule has 0 aliphatic heterocycles. The van der Waals surface area contributed by atoms with Crippen LogP contribution < -0.4 is 9.47 Å². The van der Waals surface area contributed by atoms with Gasteiger partial charge in [-0.1, -0.05) is 6.07 Å². The zero-order valence-electron chi connectivity index (χ0n) is 12.2. The van der Waals surface area contributed by atoms with Crippen molar-refractivity contribution < 1.29 is 29.6 Å². The predicted molar refractivity (Wildman–Crippen MR) is 79.0 cm³/mol. The maximum atomic E-state index is 12.3. The van der Waals surface area contributed by atoms with Crippen LogP contribution in [0, 0.1) is 0 Å². The summed E-state index contributed by atoms with van der Waals surface area (Å²) in [6, 6.07) is 6.99. The van der Waals surface area contributed by atoms with E-state index in [1.165, 1.54) is 14.2 Å². The Kier molecular flexibility index (Phi) is 4.41. The minimum absolute atomic E-state index is 0.0843. The predicted octanol–water partition coefficient (Wildman–Crippen LogP) is 2.25. The normalized spacial score (nSPS) is 10.3. The van der Waals surface area contributed by atoms with Crippen LogP contribution in [0.25, 0.3) is 0 Å². The van der Waals surface area contributed by atoms with Crippen LogP contribution in [-0.4, -0.2) is 35.3 Å². The van der Waals surface area contributed by atoms with E-state index >= 15 is 0 Å². The van der Waals surface area contributed by atoms with E-state index in [0.29, 0.717) is 17.1 Å². The molecule has 0 radical (unpaired) electrons. The number of carbonyl (C=O) groups excluding carboxylic acids is 1. The first-order valence-corrected chi connectivity index (χ1v) is 6.45. The van der Waals surface area contributed by atoms with Crippen LogP contribution in [0.15, 0.2) is 30.3 Å². The van der Waals surface area contributed by atoms with Crippen molar-refractivity contribution in [1.82, 2.24) is 0 Å². The molecule has 3 N–H and O–H groups in total. The maximum Gasteiger partial charge on any atom is 0.174 e. The van der Waals surface area contributed by atoms with Crippen molar-refractivity contribution in [2.45, 2.75) is 6.42 Å². The molecule has 0 saturated carbocycles. The van der Waals surface area contributed by atoms with Gasteiger partial charge in [-0.25, -0.2) is 0 Å². The Hall–Kier alpha value is -2.89. The van der Waals surface area contributed by atoms with E-state index in [0.717, 1.165) is 12.1 Å². The van der Waals surface area contributed by atoms with Crippen LogP contribution in [0.5, 0.6) is 28.7 Å². The summed E-state index contributed by atoms with van der Waals surface area (Å²) in [5, 5.41) is 28.7. The van der Waals surface area contributed by atoms with Gasteiger partial charge in [0, 0.05) is 30.2 Å². The van der Waals surface area contributed by atoms with Crippen molar-refractivity contribution >= 4 is 5.78 Å². The van der Waals surface area contributed by atoms with Crippen molar-refractivity contribution in [1.29, 1.82) is 0 Å². The van der Waals surface area contributed by atoms with Gasteiger partial charge in [0.2, 0.25) is 0 Å². The monoisotopic (exact) mass is 304 g/mol. The lowest BCUT2D eigenvalue weighted by Gasteiger charge is -2.11. The third-order valence-corrected chi connectivity index (χ3v) is 3.21. The van der Waals surface area contributed by atoms with Gasteiger partial charge >= 0.3 is 0 Å². The molecular weight excluding hydrogens is 288 g/mol. The second kappa shape index (κ2) is 6.26. The van der Waals surface area contributed by atoms with Crippen LogP contribution in [0.3, 0.4) is 0 Å². The van der Waals surface area contributed by atoms with Gasteiger partial charge in [-0.3, -0.25) is 4.79 Å². The lowest BCUT2D eigenvalue weighted by Crippen LogP contribution is -2.06. The molecule has 0 aliphatic carbocycles. The second-order valence-electron chi connectivity index (χ2n) is 4.64. The third kappa shape index (κ3) is 3.06. The van der Waals surface area contributed by atoms with E-state index in [-0.39, 0.29) is 17.7 Å². The smallest absolute Gasteiger partial charge is 0.174 e. The van der Waals surface area contributed by atoms with Gasteiger partial charge in [0.05, 0.1) is 14.2 Å². The van der Waals surface area contributed by atoms with Gasteiger partial charge < -0.3 is 24.8 Å². The highest BCUT2D eigenvalue weighted by molar-refractivity contribution is 6.02. The van der Waals surface area contributed by atoms with Crippen LogP contribution >= 0.6 is 0 Å². The van der Waals surface area contributed by atoms with Gasteiger partial charge in [0.15, 0.2) is 5.78 Å². The Morgan fingerprint density at radius 2 is 1.64 bits per heavy atom. The maximum absolute atomic E-state index is 12.3. The summed E-state index contributed by atoms with van der Waals surface area (Å²) >= 11 is 0. The van der Waals surface area contributed by atoms with Crippen molar-refractivity contribution in [2.75, 3.05) is 14.2 Å². The third-order valence-electron chi connectivity index (χ3n) is 3.21. The molecule has 0 aromatic heterocycles. The first kappa shape index (κ1) is 15.5. The Bertz CT molecular complexity index is 685. The number of ketones is 1. The highest BCUT2D eigenvalue weighted by Crippen LogP contribution is 2.34. The van der Waals surface area contributed by atoms with Gasteiger partial charge in [0.25, 0.3) is 0 Å². The van der Waals surface area contributed by atoms with Gasteiger partial charge in [0.1, 0.15) is 34.3 Å². The van der Waals surface area contributed by atoms with Crippen LogP contribution in [0.4, 0.5) is 0 Å². The molecule has 0 aliphatic rings. The average Bonchev–Trinajstić information content (AvgIpc) is 2.46. The summed E-state index contributed by atoms with van der Waals surface area (Å²) in [6.45, 7) is 0. The highest BCUT2D eigenvalue weighted by Gasteiger charge is 2.19. The number of Topliss-reactive ketones (excluding diaryl/α,β-unsaturated/α-hetero) is 1. The summed E-state index contributed by atoms with van der Waals surface area (Å²) in [4.78, 5) is 12.3. The number of carbonyl (C=O) groups is 1. The number of phenols is 3. The molecule has 0 amide bonds. The van der Waals surface area contributed by atoms with Crippen molar-refractivity contribution in [3.05, 3.63) is 41.5 Å². The van der Waals surface area contributed by atoms with Crippen molar-refractivity contribution in [3.63, 3.8) is 0 Å². The van der Waals surface area contributed by atoms with E-state index in [1.54, 1.807) is 18.2 Å². The molecule has 0 atom stereocenters. The summed E-state index contributed by atoms with van der Waals surface area (Å²) < 4.78 is 10.3. The van der Waals surface area contributed by atoms with E-state index in [1.807, 2.05) is 0 Å². The number of aromatic hydroxyl groups is 3. The highest BCUT2D eigenvalue weighted by atomic mass is 16.5. The number of methoxy groups -OCH3 is 2. The molecule has 0 heterocycles. The minimum atomic E-state index is -0.501. The molecule has 0 fully saturated rings. The quantitative estimate of drug-likeness (QED) is 0.733. The lowest BCUT2D eigenvalue weighted by atomic mass is 10.0. The number of hydrogen-bond acceptors (Lipinski definition) is 6. The first-order chi connectivity index (χ1) is 10.5. The number of phenolic OH excluding ortho intramolecular Hbond substituents is 3. The van der Waals surface area contributed by atoms with Crippen molar-refractivity contribution in [3.8, 4) is 28.7 Å².